The molecule has 3 aromatic carbocycles. The summed E-state index contributed by atoms with van der Waals surface area (Å²) in [6.45, 7) is 4.61. The molecule has 0 bridgehead atoms. The van der Waals surface area contributed by atoms with Gasteiger partial charge in [0.1, 0.15) is 18.4 Å². The van der Waals surface area contributed by atoms with Crippen LogP contribution < -0.4 is 4.74 Å². The van der Waals surface area contributed by atoms with Gasteiger partial charge in [0.15, 0.2) is 6.10 Å². The average Bonchev–Trinajstić information content (AvgIpc) is 3.37. The highest BCUT2D eigenvalue weighted by molar-refractivity contribution is 5.88. The number of benzene rings is 3. The van der Waals surface area contributed by atoms with Crippen LogP contribution in [0.25, 0.3) is 0 Å². The van der Waals surface area contributed by atoms with Crippen LogP contribution in [0.3, 0.4) is 0 Å². The number of nitrogens with zero attached hydrogens (tertiary/aromatic N) is 1. The SMILES string of the molecule is Cc1ccc2c(c1OCc1ccccc1)C[C@@H](C(=O)O)N(C(=O)C(OC1(C)CCCC1)c1ccccc1)C2. The molecule has 1 aliphatic heterocycles. The van der Waals surface area contributed by atoms with Crippen molar-refractivity contribution in [3.63, 3.8) is 0 Å². The van der Waals surface area contributed by atoms with Crippen molar-refractivity contribution in [3.05, 3.63) is 101 Å². The van der Waals surface area contributed by atoms with Crippen molar-refractivity contribution in [2.45, 2.75) is 76.9 Å². The van der Waals surface area contributed by atoms with Crippen LogP contribution in [0.4, 0.5) is 0 Å². The summed E-state index contributed by atoms with van der Waals surface area (Å²) in [5, 5.41) is 10.3. The van der Waals surface area contributed by atoms with E-state index in [2.05, 4.69) is 6.92 Å². The zero-order valence-corrected chi connectivity index (χ0v) is 22.1. The first kappa shape index (κ1) is 26.0. The van der Waals surface area contributed by atoms with Gasteiger partial charge < -0.3 is 19.5 Å². The Hall–Kier alpha value is -3.64. The van der Waals surface area contributed by atoms with E-state index >= 15 is 0 Å². The van der Waals surface area contributed by atoms with Crippen LogP contribution in [-0.2, 0) is 33.9 Å². The zero-order valence-electron chi connectivity index (χ0n) is 22.1. The lowest BCUT2D eigenvalue weighted by molar-refractivity contribution is -0.166. The van der Waals surface area contributed by atoms with Crippen molar-refractivity contribution in [1.82, 2.24) is 4.90 Å². The molecule has 1 amide bonds. The summed E-state index contributed by atoms with van der Waals surface area (Å²) in [7, 11) is 0. The summed E-state index contributed by atoms with van der Waals surface area (Å²) >= 11 is 0. The molecule has 38 heavy (non-hydrogen) atoms. The molecule has 0 radical (unpaired) electrons. The highest BCUT2D eigenvalue weighted by atomic mass is 16.5. The molecule has 6 heteroatoms. The Balaban J connectivity index is 1.46. The van der Waals surface area contributed by atoms with Gasteiger partial charge in [0.25, 0.3) is 5.91 Å². The fraction of sp³-hybridized carbons (Fsp3) is 0.375. The Morgan fingerprint density at radius 2 is 1.66 bits per heavy atom. The Labute approximate surface area is 224 Å². The monoisotopic (exact) mass is 513 g/mol. The second-order valence-corrected chi connectivity index (χ2v) is 10.7. The molecule has 1 unspecified atom stereocenters. The van der Waals surface area contributed by atoms with Gasteiger partial charge in [-0.15, -0.1) is 0 Å². The van der Waals surface area contributed by atoms with Crippen molar-refractivity contribution in [2.24, 2.45) is 0 Å². The molecule has 6 nitrogen and oxygen atoms in total. The molecule has 5 rings (SSSR count). The molecule has 1 saturated carbocycles. The number of carbonyl (C=O) groups is 2. The number of fused-ring (bicyclic) bond motifs is 1. The van der Waals surface area contributed by atoms with Crippen LogP contribution in [0.5, 0.6) is 5.75 Å². The van der Waals surface area contributed by atoms with Gasteiger partial charge in [0.05, 0.1) is 5.60 Å². The smallest absolute Gasteiger partial charge is 0.326 e. The van der Waals surface area contributed by atoms with E-state index in [1.807, 2.05) is 79.7 Å². The fourth-order valence-corrected chi connectivity index (χ4v) is 5.70. The third-order valence-corrected chi connectivity index (χ3v) is 7.85. The first-order chi connectivity index (χ1) is 18.3. The van der Waals surface area contributed by atoms with Gasteiger partial charge in [0.2, 0.25) is 0 Å². The molecule has 0 aromatic heterocycles. The Bertz CT molecular complexity index is 1280. The number of carboxylic acids is 1. The molecule has 0 saturated heterocycles. The molecule has 2 aliphatic rings. The lowest BCUT2D eigenvalue weighted by Gasteiger charge is -2.39. The second-order valence-electron chi connectivity index (χ2n) is 10.7. The summed E-state index contributed by atoms with van der Waals surface area (Å²) in [5.41, 5.74) is 4.09. The maximum absolute atomic E-state index is 14.1. The first-order valence-electron chi connectivity index (χ1n) is 13.4. The van der Waals surface area contributed by atoms with Crippen molar-refractivity contribution in [2.75, 3.05) is 0 Å². The number of rotatable bonds is 8. The molecular weight excluding hydrogens is 478 g/mol. The fourth-order valence-electron chi connectivity index (χ4n) is 5.70. The molecule has 0 spiro atoms. The highest BCUT2D eigenvalue weighted by Crippen LogP contribution is 2.40. The Morgan fingerprint density at radius 3 is 2.32 bits per heavy atom. The van der Waals surface area contributed by atoms with Crippen molar-refractivity contribution in [1.29, 1.82) is 0 Å². The molecule has 1 N–H and O–H groups in total. The topological polar surface area (TPSA) is 76.1 Å². The lowest BCUT2D eigenvalue weighted by atomic mass is 9.90. The summed E-state index contributed by atoms with van der Waals surface area (Å²) in [5.74, 6) is -0.632. The second kappa shape index (κ2) is 11.0. The Morgan fingerprint density at radius 1 is 1.00 bits per heavy atom. The van der Waals surface area contributed by atoms with Crippen LogP contribution >= 0.6 is 0 Å². The van der Waals surface area contributed by atoms with Gasteiger partial charge in [-0.25, -0.2) is 4.79 Å². The molecule has 2 atom stereocenters. The number of carboxylic acid groups (broad SMARTS) is 1. The van der Waals surface area contributed by atoms with Gasteiger partial charge in [-0.1, -0.05) is 85.6 Å². The summed E-state index contributed by atoms with van der Waals surface area (Å²) in [6, 6.07) is 22.3. The van der Waals surface area contributed by atoms with Gasteiger partial charge in [-0.3, -0.25) is 4.79 Å². The largest absolute Gasteiger partial charge is 0.488 e. The number of carbonyl (C=O) groups excluding carboxylic acids is 1. The maximum atomic E-state index is 14.1. The van der Waals surface area contributed by atoms with E-state index in [1.54, 1.807) is 0 Å². The third kappa shape index (κ3) is 5.46. The van der Waals surface area contributed by atoms with E-state index in [4.69, 9.17) is 9.47 Å². The summed E-state index contributed by atoms with van der Waals surface area (Å²) < 4.78 is 12.8. The lowest BCUT2D eigenvalue weighted by Crippen LogP contribution is -2.51. The van der Waals surface area contributed by atoms with Crippen LogP contribution in [0.1, 0.15) is 66.5 Å². The van der Waals surface area contributed by atoms with E-state index < -0.39 is 23.7 Å². The quantitative estimate of drug-likeness (QED) is 0.400. The normalized spacial score (nSPS) is 19.0. The number of aryl methyl sites for hydroxylation is 1. The van der Waals surface area contributed by atoms with Crippen molar-refractivity contribution in [3.8, 4) is 5.75 Å². The van der Waals surface area contributed by atoms with Crippen molar-refractivity contribution >= 4 is 11.9 Å². The van der Waals surface area contributed by atoms with E-state index in [9.17, 15) is 14.7 Å². The van der Waals surface area contributed by atoms with Gasteiger partial charge in [-0.05, 0) is 48.9 Å². The number of amides is 1. The highest BCUT2D eigenvalue weighted by Gasteiger charge is 2.42. The molecule has 198 valence electrons. The summed E-state index contributed by atoms with van der Waals surface area (Å²) in [6.07, 6.45) is 3.22. The minimum atomic E-state index is -1.03. The number of hydrogen-bond donors (Lipinski definition) is 1. The molecule has 1 aliphatic carbocycles. The average molecular weight is 514 g/mol. The van der Waals surface area contributed by atoms with Crippen LogP contribution in [-0.4, -0.2) is 33.5 Å². The summed E-state index contributed by atoms with van der Waals surface area (Å²) in [4.78, 5) is 28.2. The van der Waals surface area contributed by atoms with Crippen LogP contribution in [0.2, 0.25) is 0 Å². The van der Waals surface area contributed by atoms with E-state index in [-0.39, 0.29) is 18.9 Å². The maximum Gasteiger partial charge on any atom is 0.326 e. The van der Waals surface area contributed by atoms with Crippen LogP contribution in [0.15, 0.2) is 72.8 Å². The Kier molecular flexibility index (Phi) is 7.52. The molecular formula is C32H35NO5. The number of ether oxygens (including phenoxy) is 2. The molecule has 1 fully saturated rings. The number of hydrogen-bond acceptors (Lipinski definition) is 4. The third-order valence-electron chi connectivity index (χ3n) is 7.85. The molecule has 3 aromatic rings. The van der Waals surface area contributed by atoms with Crippen LogP contribution in [0, 0.1) is 6.92 Å². The standard InChI is InChI=1S/C32H35NO5/c1-22-15-16-25-20-33(27(31(35)36)19-26(25)28(22)37-21-23-11-5-3-6-12-23)30(34)29(24-13-7-4-8-14-24)38-32(2)17-9-10-18-32/h3-8,11-16,27,29H,9-10,17-21H2,1-2H3,(H,35,36)/t27-,29?/m0/s1. The predicted molar refractivity (Wildman–Crippen MR) is 145 cm³/mol. The first-order valence-corrected chi connectivity index (χ1v) is 13.4. The van der Waals surface area contributed by atoms with Gasteiger partial charge in [0, 0.05) is 18.5 Å². The minimum Gasteiger partial charge on any atom is -0.488 e. The number of aliphatic carboxylic acids is 1. The van der Waals surface area contributed by atoms with E-state index in [1.165, 1.54) is 4.90 Å². The van der Waals surface area contributed by atoms with Gasteiger partial charge in [-0.2, -0.15) is 0 Å². The molecule has 1 heterocycles. The minimum absolute atomic E-state index is 0.182. The predicted octanol–water partition coefficient (Wildman–Crippen LogP) is 6.00. The van der Waals surface area contributed by atoms with E-state index in [0.29, 0.717) is 12.4 Å². The zero-order chi connectivity index (χ0) is 26.7. The van der Waals surface area contributed by atoms with Gasteiger partial charge >= 0.3 is 5.97 Å². The van der Waals surface area contributed by atoms with E-state index in [0.717, 1.165) is 53.5 Å². The van der Waals surface area contributed by atoms with Crippen molar-refractivity contribution < 1.29 is 24.2 Å².